The summed E-state index contributed by atoms with van der Waals surface area (Å²) in [5.74, 6) is 1.15. The first-order chi connectivity index (χ1) is 17.1. The molecule has 35 heavy (non-hydrogen) atoms. The fourth-order valence-electron chi connectivity index (χ4n) is 4.46. The number of aromatic nitrogens is 2. The summed E-state index contributed by atoms with van der Waals surface area (Å²) in [4.78, 5) is 29.0. The van der Waals surface area contributed by atoms with E-state index in [0.29, 0.717) is 32.7 Å². The molecule has 7 nitrogen and oxygen atoms in total. The number of carbonyl (C=O) groups is 2. The number of amides is 2. The van der Waals surface area contributed by atoms with Crippen LogP contribution in [0.4, 0.5) is 0 Å². The lowest BCUT2D eigenvalue weighted by atomic mass is 10.1. The quantitative estimate of drug-likeness (QED) is 0.494. The van der Waals surface area contributed by atoms with Crippen molar-refractivity contribution < 1.29 is 14.3 Å². The molecule has 2 fully saturated rings. The van der Waals surface area contributed by atoms with Crippen molar-refractivity contribution in [2.75, 3.05) is 33.3 Å². The van der Waals surface area contributed by atoms with E-state index in [1.807, 2.05) is 69.2 Å². The second kappa shape index (κ2) is 10.2. The molecule has 2 aromatic carbocycles. The van der Waals surface area contributed by atoms with Gasteiger partial charge in [0.2, 0.25) is 11.8 Å². The first kappa shape index (κ1) is 22.9. The molecular weight excluding hydrogens is 440 g/mol. The minimum atomic E-state index is -0.0506. The van der Waals surface area contributed by atoms with Gasteiger partial charge in [-0.25, -0.2) is 0 Å². The summed E-state index contributed by atoms with van der Waals surface area (Å²) in [7, 11) is 1.65. The van der Waals surface area contributed by atoms with Gasteiger partial charge >= 0.3 is 0 Å². The molecule has 1 saturated heterocycles. The molecule has 2 amide bonds. The standard InChI is InChI=1S/C28H30N4O3/c1-35-25-10-6-5-9-24(25)27-23(20-32(29-27)19-21-7-3-2-4-8-21)13-14-26(33)30-15-17-31(18-16-30)28(34)22-11-12-22/h2-10,13-14,20,22H,11-12,15-19H2,1H3. The number of hydrogen-bond acceptors (Lipinski definition) is 4. The molecule has 0 bridgehead atoms. The maximum absolute atomic E-state index is 12.9. The van der Waals surface area contributed by atoms with E-state index >= 15 is 0 Å². The van der Waals surface area contributed by atoms with E-state index in [4.69, 9.17) is 9.84 Å². The van der Waals surface area contributed by atoms with Gasteiger partial charge in [0.05, 0.1) is 13.7 Å². The Balaban J connectivity index is 1.34. The summed E-state index contributed by atoms with van der Waals surface area (Å²) < 4.78 is 7.47. The van der Waals surface area contributed by atoms with Crippen molar-refractivity contribution >= 4 is 17.9 Å². The number of carbonyl (C=O) groups excluding carboxylic acids is 2. The molecule has 0 unspecified atom stereocenters. The lowest BCUT2D eigenvalue weighted by Gasteiger charge is -2.34. The molecule has 180 valence electrons. The van der Waals surface area contributed by atoms with Crippen LogP contribution in [0.1, 0.15) is 24.0 Å². The Hall–Kier alpha value is -3.87. The van der Waals surface area contributed by atoms with E-state index < -0.39 is 0 Å². The van der Waals surface area contributed by atoms with Crippen LogP contribution in [-0.4, -0.2) is 64.7 Å². The summed E-state index contributed by atoms with van der Waals surface area (Å²) in [5, 5.41) is 4.84. The Morgan fingerprint density at radius 1 is 0.971 bits per heavy atom. The van der Waals surface area contributed by atoms with Crippen LogP contribution in [0.25, 0.3) is 17.3 Å². The Kier molecular flexibility index (Phi) is 6.66. The Morgan fingerprint density at radius 3 is 2.37 bits per heavy atom. The van der Waals surface area contributed by atoms with E-state index in [1.165, 1.54) is 0 Å². The van der Waals surface area contributed by atoms with Crippen molar-refractivity contribution in [3.05, 3.63) is 78.0 Å². The predicted octanol–water partition coefficient (Wildman–Crippen LogP) is 3.70. The zero-order valence-corrected chi connectivity index (χ0v) is 20.0. The molecule has 2 aliphatic rings. The average Bonchev–Trinajstić information content (AvgIpc) is 3.68. The highest BCUT2D eigenvalue weighted by Crippen LogP contribution is 2.32. The lowest BCUT2D eigenvalue weighted by molar-refractivity contribution is -0.138. The summed E-state index contributed by atoms with van der Waals surface area (Å²) in [6.45, 7) is 2.97. The van der Waals surface area contributed by atoms with Gasteiger partial charge < -0.3 is 14.5 Å². The van der Waals surface area contributed by atoms with Crippen LogP contribution >= 0.6 is 0 Å². The number of piperazine rings is 1. The van der Waals surface area contributed by atoms with Crippen molar-refractivity contribution in [1.29, 1.82) is 0 Å². The largest absolute Gasteiger partial charge is 0.496 e. The van der Waals surface area contributed by atoms with Gasteiger partial charge in [0.1, 0.15) is 11.4 Å². The summed E-state index contributed by atoms with van der Waals surface area (Å²) in [6.07, 6.45) is 7.42. The lowest BCUT2D eigenvalue weighted by Crippen LogP contribution is -2.50. The van der Waals surface area contributed by atoms with Gasteiger partial charge in [-0.2, -0.15) is 5.10 Å². The molecule has 5 rings (SSSR count). The molecule has 1 aliphatic carbocycles. The van der Waals surface area contributed by atoms with Crippen molar-refractivity contribution in [3.8, 4) is 17.0 Å². The first-order valence-corrected chi connectivity index (χ1v) is 12.1. The molecule has 0 spiro atoms. The minimum Gasteiger partial charge on any atom is -0.496 e. The van der Waals surface area contributed by atoms with Crippen LogP contribution in [0.5, 0.6) is 5.75 Å². The van der Waals surface area contributed by atoms with Crippen molar-refractivity contribution in [3.63, 3.8) is 0 Å². The highest BCUT2D eigenvalue weighted by molar-refractivity contribution is 5.93. The number of methoxy groups -OCH3 is 1. The first-order valence-electron chi connectivity index (χ1n) is 12.1. The van der Waals surface area contributed by atoms with E-state index in [0.717, 1.165) is 41.0 Å². The molecule has 1 aliphatic heterocycles. The Bertz CT molecular complexity index is 1220. The monoisotopic (exact) mass is 470 g/mol. The van der Waals surface area contributed by atoms with Crippen LogP contribution < -0.4 is 4.74 Å². The fourth-order valence-corrected chi connectivity index (χ4v) is 4.46. The number of benzene rings is 2. The molecular formula is C28H30N4O3. The van der Waals surface area contributed by atoms with Crippen molar-refractivity contribution in [1.82, 2.24) is 19.6 Å². The molecule has 2 heterocycles. The van der Waals surface area contributed by atoms with Crippen LogP contribution in [-0.2, 0) is 16.1 Å². The second-order valence-corrected chi connectivity index (χ2v) is 9.07. The second-order valence-electron chi connectivity index (χ2n) is 9.07. The number of rotatable bonds is 7. The molecule has 1 aromatic heterocycles. The van der Waals surface area contributed by atoms with E-state index in [-0.39, 0.29) is 17.7 Å². The van der Waals surface area contributed by atoms with E-state index in [9.17, 15) is 9.59 Å². The summed E-state index contributed by atoms with van der Waals surface area (Å²) in [5.41, 5.74) is 3.64. The normalized spacial score (nSPS) is 16.0. The van der Waals surface area contributed by atoms with Gasteiger partial charge in [0, 0.05) is 55.5 Å². The summed E-state index contributed by atoms with van der Waals surface area (Å²) in [6, 6.07) is 17.9. The van der Waals surface area contributed by atoms with Gasteiger partial charge in [-0.1, -0.05) is 42.5 Å². The zero-order valence-electron chi connectivity index (χ0n) is 20.0. The third-order valence-corrected chi connectivity index (χ3v) is 6.57. The van der Waals surface area contributed by atoms with Gasteiger partial charge in [0.15, 0.2) is 0 Å². The molecule has 0 N–H and O–H groups in total. The maximum atomic E-state index is 12.9. The van der Waals surface area contributed by atoms with Crippen LogP contribution in [0, 0.1) is 5.92 Å². The van der Waals surface area contributed by atoms with E-state index in [2.05, 4.69) is 12.1 Å². The molecule has 3 aromatic rings. The van der Waals surface area contributed by atoms with E-state index in [1.54, 1.807) is 13.2 Å². The van der Waals surface area contributed by atoms with Crippen molar-refractivity contribution in [2.45, 2.75) is 19.4 Å². The van der Waals surface area contributed by atoms with Crippen LogP contribution in [0.2, 0.25) is 0 Å². The van der Waals surface area contributed by atoms with Crippen LogP contribution in [0.3, 0.4) is 0 Å². The highest BCUT2D eigenvalue weighted by atomic mass is 16.5. The van der Waals surface area contributed by atoms with Crippen molar-refractivity contribution in [2.24, 2.45) is 5.92 Å². The number of nitrogens with zero attached hydrogens (tertiary/aromatic N) is 4. The topological polar surface area (TPSA) is 67.7 Å². The van der Waals surface area contributed by atoms with Crippen LogP contribution in [0.15, 0.2) is 66.9 Å². The predicted molar refractivity (Wildman–Crippen MR) is 135 cm³/mol. The molecule has 0 radical (unpaired) electrons. The molecule has 1 saturated carbocycles. The third kappa shape index (κ3) is 5.29. The Labute approximate surface area is 205 Å². The Morgan fingerprint density at radius 2 is 1.66 bits per heavy atom. The third-order valence-electron chi connectivity index (χ3n) is 6.57. The SMILES string of the molecule is COc1ccccc1-c1nn(Cc2ccccc2)cc1C=CC(=O)N1CCN(C(=O)C2CC2)CC1. The minimum absolute atomic E-state index is 0.0506. The molecule has 0 atom stereocenters. The van der Waals surface area contributed by atoms with Gasteiger partial charge in [0.25, 0.3) is 0 Å². The number of hydrogen-bond donors (Lipinski definition) is 0. The van der Waals surface area contributed by atoms with Gasteiger partial charge in [-0.3, -0.25) is 14.3 Å². The maximum Gasteiger partial charge on any atom is 0.246 e. The summed E-state index contributed by atoms with van der Waals surface area (Å²) >= 11 is 0. The average molecular weight is 471 g/mol. The number of para-hydroxylation sites is 1. The smallest absolute Gasteiger partial charge is 0.246 e. The van der Waals surface area contributed by atoms with Gasteiger partial charge in [-0.15, -0.1) is 0 Å². The van der Waals surface area contributed by atoms with Gasteiger partial charge in [-0.05, 0) is 36.6 Å². The number of ether oxygens (including phenoxy) is 1. The zero-order chi connectivity index (χ0) is 24.2. The highest BCUT2D eigenvalue weighted by Gasteiger charge is 2.35. The fraction of sp³-hybridized carbons (Fsp3) is 0.321. The molecule has 7 heteroatoms.